The number of aromatic carboxylic acids is 1. The van der Waals surface area contributed by atoms with Gasteiger partial charge in [-0.25, -0.2) is 4.79 Å². The van der Waals surface area contributed by atoms with Crippen molar-refractivity contribution in [2.24, 2.45) is 0 Å². The minimum atomic E-state index is -0.972. The lowest BCUT2D eigenvalue weighted by atomic mass is 10.2. The number of hydrogen-bond donors (Lipinski definition) is 3. The summed E-state index contributed by atoms with van der Waals surface area (Å²) in [6.07, 6.45) is 0. The summed E-state index contributed by atoms with van der Waals surface area (Å²) in [5.74, 6) is -0.972. The van der Waals surface area contributed by atoms with Crippen molar-refractivity contribution >= 4 is 39.5 Å². The number of carbonyl (C=O) groups is 1. The Kier molecular flexibility index (Phi) is 1.76. The molecule has 0 fully saturated rings. The first-order chi connectivity index (χ1) is 7.66. The van der Waals surface area contributed by atoms with E-state index in [1.165, 1.54) is 0 Å². The van der Waals surface area contributed by atoms with Gasteiger partial charge in [0.2, 0.25) is 0 Å². The second kappa shape index (κ2) is 3.02. The number of H-pyrrole nitrogens is 2. The molecule has 5 heteroatoms. The van der Waals surface area contributed by atoms with E-state index in [9.17, 15) is 4.79 Å². The van der Waals surface area contributed by atoms with E-state index in [2.05, 4.69) is 9.97 Å². The summed E-state index contributed by atoms with van der Waals surface area (Å²) < 4.78 is 0. The van der Waals surface area contributed by atoms with Gasteiger partial charge in [-0.2, -0.15) is 0 Å². The molecule has 0 saturated carbocycles. The Bertz CT molecular complexity index is 711. The van der Waals surface area contributed by atoms with E-state index in [0.717, 1.165) is 16.3 Å². The summed E-state index contributed by atoms with van der Waals surface area (Å²) in [6.45, 7) is 0. The van der Waals surface area contributed by atoms with Crippen LogP contribution in [0, 0.1) is 0 Å². The number of halogens is 1. The van der Waals surface area contributed by atoms with Gasteiger partial charge in [0, 0.05) is 10.8 Å². The fourth-order valence-corrected chi connectivity index (χ4v) is 2.10. The van der Waals surface area contributed by atoms with Gasteiger partial charge in [-0.15, -0.1) is 0 Å². The minimum Gasteiger partial charge on any atom is -0.477 e. The van der Waals surface area contributed by atoms with Crippen molar-refractivity contribution in [3.05, 3.63) is 35.0 Å². The van der Waals surface area contributed by atoms with Crippen LogP contribution in [0.4, 0.5) is 0 Å². The summed E-state index contributed by atoms with van der Waals surface area (Å²) >= 11 is 6.03. The van der Waals surface area contributed by atoms with Gasteiger partial charge >= 0.3 is 5.97 Å². The van der Waals surface area contributed by atoms with Crippen LogP contribution in [-0.4, -0.2) is 21.0 Å². The molecule has 0 aliphatic carbocycles. The molecule has 0 spiro atoms. The number of rotatable bonds is 1. The third-order valence-electron chi connectivity index (χ3n) is 2.60. The standard InChI is InChI=1S/C11H7ClN2O2/c12-7-3-1-2-5-6-4-8(11(15)16)13-10(6)14-9(5)7/h1-4,13-14H,(H,15,16). The number of aromatic nitrogens is 2. The summed E-state index contributed by atoms with van der Waals surface area (Å²) in [5, 5.41) is 11.2. The third-order valence-corrected chi connectivity index (χ3v) is 2.92. The zero-order valence-electron chi connectivity index (χ0n) is 8.04. The highest BCUT2D eigenvalue weighted by Gasteiger charge is 2.12. The molecule has 0 bridgehead atoms. The van der Waals surface area contributed by atoms with Gasteiger partial charge < -0.3 is 15.1 Å². The Hall–Kier alpha value is -1.94. The van der Waals surface area contributed by atoms with Crippen LogP contribution in [0.2, 0.25) is 5.02 Å². The van der Waals surface area contributed by atoms with E-state index >= 15 is 0 Å². The molecule has 0 aliphatic heterocycles. The van der Waals surface area contributed by atoms with Crippen molar-refractivity contribution in [2.45, 2.75) is 0 Å². The van der Waals surface area contributed by atoms with Crippen molar-refractivity contribution in [1.82, 2.24) is 9.97 Å². The third kappa shape index (κ3) is 1.13. The Morgan fingerprint density at radius 1 is 1.25 bits per heavy atom. The molecule has 0 radical (unpaired) electrons. The molecular weight excluding hydrogens is 228 g/mol. The average molecular weight is 235 g/mol. The van der Waals surface area contributed by atoms with Crippen molar-refractivity contribution in [3.63, 3.8) is 0 Å². The topological polar surface area (TPSA) is 68.9 Å². The van der Waals surface area contributed by atoms with Gasteiger partial charge in [0.25, 0.3) is 0 Å². The number of benzene rings is 1. The maximum atomic E-state index is 10.8. The molecule has 0 unspecified atom stereocenters. The van der Waals surface area contributed by atoms with Gasteiger partial charge in [-0.3, -0.25) is 0 Å². The van der Waals surface area contributed by atoms with E-state index in [4.69, 9.17) is 16.7 Å². The van der Waals surface area contributed by atoms with Crippen LogP contribution in [0.5, 0.6) is 0 Å². The van der Waals surface area contributed by atoms with Crippen LogP contribution in [0.15, 0.2) is 24.3 Å². The molecular formula is C11H7ClN2O2. The van der Waals surface area contributed by atoms with Crippen LogP contribution in [0.1, 0.15) is 10.5 Å². The molecule has 0 aliphatic rings. The fourth-order valence-electron chi connectivity index (χ4n) is 1.88. The quantitative estimate of drug-likeness (QED) is 0.606. The number of carboxylic acid groups (broad SMARTS) is 1. The SMILES string of the molecule is O=C(O)c1cc2c([nH]1)[nH]c1c(Cl)cccc12. The van der Waals surface area contributed by atoms with Gasteiger partial charge in [0.1, 0.15) is 11.3 Å². The second-order valence-electron chi connectivity index (χ2n) is 3.56. The predicted molar refractivity (Wildman–Crippen MR) is 62.1 cm³/mol. The molecule has 1 aromatic carbocycles. The Labute approximate surface area is 94.8 Å². The zero-order chi connectivity index (χ0) is 11.3. The van der Waals surface area contributed by atoms with Crippen molar-refractivity contribution in [3.8, 4) is 0 Å². The number of para-hydroxylation sites is 1. The highest BCUT2D eigenvalue weighted by Crippen LogP contribution is 2.30. The second-order valence-corrected chi connectivity index (χ2v) is 3.97. The molecule has 2 aromatic heterocycles. The van der Waals surface area contributed by atoms with Gasteiger partial charge in [0.05, 0.1) is 10.5 Å². The molecule has 2 heterocycles. The lowest BCUT2D eigenvalue weighted by Gasteiger charge is -1.92. The van der Waals surface area contributed by atoms with Gasteiger partial charge in [-0.05, 0) is 12.1 Å². The van der Waals surface area contributed by atoms with Crippen molar-refractivity contribution < 1.29 is 9.90 Å². The minimum absolute atomic E-state index is 0.170. The number of nitrogens with one attached hydrogen (secondary N) is 2. The van der Waals surface area contributed by atoms with Crippen LogP contribution in [0.3, 0.4) is 0 Å². The zero-order valence-corrected chi connectivity index (χ0v) is 8.80. The molecule has 3 N–H and O–H groups in total. The maximum absolute atomic E-state index is 10.8. The van der Waals surface area contributed by atoms with E-state index in [1.807, 2.05) is 12.1 Å². The molecule has 80 valence electrons. The molecule has 16 heavy (non-hydrogen) atoms. The first kappa shape index (κ1) is 9.30. The maximum Gasteiger partial charge on any atom is 0.352 e. The van der Waals surface area contributed by atoms with E-state index < -0.39 is 5.97 Å². The van der Waals surface area contributed by atoms with Crippen molar-refractivity contribution in [2.75, 3.05) is 0 Å². The summed E-state index contributed by atoms with van der Waals surface area (Å²) in [7, 11) is 0. The average Bonchev–Trinajstić information content (AvgIpc) is 2.76. The molecule has 0 atom stereocenters. The molecule has 0 amide bonds. The smallest absolute Gasteiger partial charge is 0.352 e. The molecule has 0 saturated heterocycles. The largest absolute Gasteiger partial charge is 0.477 e. The fraction of sp³-hybridized carbons (Fsp3) is 0. The highest BCUT2D eigenvalue weighted by molar-refractivity contribution is 6.36. The summed E-state index contributed by atoms with van der Waals surface area (Å²) in [5.41, 5.74) is 1.67. The molecule has 3 rings (SSSR count). The van der Waals surface area contributed by atoms with Crippen LogP contribution in [-0.2, 0) is 0 Å². The molecule has 3 aromatic rings. The van der Waals surface area contributed by atoms with Crippen LogP contribution < -0.4 is 0 Å². The van der Waals surface area contributed by atoms with Crippen LogP contribution in [0.25, 0.3) is 21.9 Å². The summed E-state index contributed by atoms with van der Waals surface area (Å²) in [6, 6.07) is 7.13. The van der Waals surface area contributed by atoms with Gasteiger partial charge in [0.15, 0.2) is 0 Å². The predicted octanol–water partition coefficient (Wildman–Crippen LogP) is 3.00. The Morgan fingerprint density at radius 3 is 2.81 bits per heavy atom. The Morgan fingerprint density at radius 2 is 2.06 bits per heavy atom. The molecule has 4 nitrogen and oxygen atoms in total. The number of fused-ring (bicyclic) bond motifs is 3. The number of hydrogen-bond acceptors (Lipinski definition) is 1. The van der Waals surface area contributed by atoms with Crippen molar-refractivity contribution in [1.29, 1.82) is 0 Å². The Balaban J connectivity index is 2.43. The normalized spacial score (nSPS) is 11.3. The lowest BCUT2D eigenvalue weighted by molar-refractivity contribution is 0.0691. The lowest BCUT2D eigenvalue weighted by Crippen LogP contribution is -1.95. The van der Waals surface area contributed by atoms with E-state index in [1.54, 1.807) is 12.1 Å². The monoisotopic (exact) mass is 234 g/mol. The number of carboxylic acids is 1. The summed E-state index contributed by atoms with van der Waals surface area (Å²) in [4.78, 5) is 16.7. The first-order valence-corrected chi connectivity index (χ1v) is 5.07. The van der Waals surface area contributed by atoms with E-state index in [0.29, 0.717) is 10.7 Å². The first-order valence-electron chi connectivity index (χ1n) is 4.69. The van der Waals surface area contributed by atoms with Crippen LogP contribution >= 0.6 is 11.6 Å². The highest BCUT2D eigenvalue weighted by atomic mass is 35.5. The van der Waals surface area contributed by atoms with E-state index in [-0.39, 0.29) is 5.69 Å². The number of aromatic amines is 2. The van der Waals surface area contributed by atoms with Gasteiger partial charge in [-0.1, -0.05) is 23.7 Å².